The fourth-order valence-electron chi connectivity index (χ4n) is 2.57. The zero-order valence-electron chi connectivity index (χ0n) is 7.59. The van der Waals surface area contributed by atoms with Gasteiger partial charge in [0.1, 0.15) is 0 Å². The minimum atomic E-state index is 0.364. The SMILES string of the molecule is OCCCC1CC12CCOCC2. The lowest BCUT2D eigenvalue weighted by Gasteiger charge is -2.22. The highest BCUT2D eigenvalue weighted by molar-refractivity contribution is 5.02. The van der Waals surface area contributed by atoms with E-state index in [4.69, 9.17) is 9.84 Å². The van der Waals surface area contributed by atoms with Crippen molar-refractivity contribution in [3.63, 3.8) is 0 Å². The Labute approximate surface area is 73.9 Å². The minimum absolute atomic E-state index is 0.364. The van der Waals surface area contributed by atoms with E-state index < -0.39 is 0 Å². The Morgan fingerprint density at radius 3 is 2.75 bits per heavy atom. The van der Waals surface area contributed by atoms with Gasteiger partial charge in [-0.15, -0.1) is 0 Å². The maximum atomic E-state index is 8.71. The second kappa shape index (κ2) is 3.35. The van der Waals surface area contributed by atoms with E-state index in [1.165, 1.54) is 25.7 Å². The quantitative estimate of drug-likeness (QED) is 0.696. The first kappa shape index (κ1) is 8.52. The Balaban J connectivity index is 1.75. The summed E-state index contributed by atoms with van der Waals surface area (Å²) in [6.07, 6.45) is 6.16. The molecule has 0 radical (unpaired) electrons. The van der Waals surface area contributed by atoms with Crippen molar-refractivity contribution in [1.82, 2.24) is 0 Å². The van der Waals surface area contributed by atoms with Crippen molar-refractivity contribution in [2.75, 3.05) is 19.8 Å². The minimum Gasteiger partial charge on any atom is -0.396 e. The van der Waals surface area contributed by atoms with Crippen LogP contribution in [0.15, 0.2) is 0 Å². The lowest BCUT2D eigenvalue weighted by atomic mass is 9.92. The Hall–Kier alpha value is -0.0800. The van der Waals surface area contributed by atoms with Gasteiger partial charge in [-0.2, -0.15) is 0 Å². The molecule has 0 aromatic carbocycles. The zero-order valence-corrected chi connectivity index (χ0v) is 7.59. The van der Waals surface area contributed by atoms with Gasteiger partial charge in [-0.1, -0.05) is 0 Å². The van der Waals surface area contributed by atoms with E-state index in [9.17, 15) is 0 Å². The van der Waals surface area contributed by atoms with Gasteiger partial charge in [-0.05, 0) is 43.4 Å². The highest BCUT2D eigenvalue weighted by Gasteiger charge is 2.53. The summed E-state index contributed by atoms with van der Waals surface area (Å²) in [7, 11) is 0. The van der Waals surface area contributed by atoms with Crippen LogP contribution in [0.5, 0.6) is 0 Å². The van der Waals surface area contributed by atoms with Crippen molar-refractivity contribution < 1.29 is 9.84 Å². The Bertz CT molecular complexity index is 148. The molecule has 1 saturated carbocycles. The normalized spacial score (nSPS) is 32.2. The second-order valence-corrected chi connectivity index (χ2v) is 4.24. The van der Waals surface area contributed by atoms with Crippen LogP contribution in [0.3, 0.4) is 0 Å². The Kier molecular flexibility index (Phi) is 2.37. The third-order valence-corrected chi connectivity index (χ3v) is 3.56. The highest BCUT2D eigenvalue weighted by atomic mass is 16.5. The van der Waals surface area contributed by atoms with Crippen molar-refractivity contribution in [2.24, 2.45) is 11.3 Å². The predicted molar refractivity (Wildman–Crippen MR) is 46.9 cm³/mol. The summed E-state index contributed by atoms with van der Waals surface area (Å²) in [5.74, 6) is 0.911. The molecule has 2 heteroatoms. The molecular weight excluding hydrogens is 152 g/mol. The molecule has 70 valence electrons. The first-order chi connectivity index (χ1) is 5.87. The van der Waals surface area contributed by atoms with Crippen LogP contribution in [0, 0.1) is 11.3 Å². The van der Waals surface area contributed by atoms with Gasteiger partial charge in [0.2, 0.25) is 0 Å². The molecule has 2 aliphatic rings. The van der Waals surface area contributed by atoms with Gasteiger partial charge >= 0.3 is 0 Å². The number of aliphatic hydroxyl groups excluding tert-OH is 1. The average Bonchev–Trinajstić information content (AvgIpc) is 2.77. The molecule has 12 heavy (non-hydrogen) atoms. The molecule has 1 atom stereocenters. The topological polar surface area (TPSA) is 29.5 Å². The highest BCUT2D eigenvalue weighted by Crippen LogP contribution is 2.60. The summed E-state index contributed by atoms with van der Waals surface area (Å²) in [5, 5.41) is 8.71. The molecule has 0 aromatic heterocycles. The molecule has 0 aromatic rings. The fourth-order valence-corrected chi connectivity index (χ4v) is 2.57. The average molecular weight is 170 g/mol. The molecule has 2 rings (SSSR count). The summed E-state index contributed by atoms with van der Waals surface area (Å²) in [4.78, 5) is 0. The summed E-state index contributed by atoms with van der Waals surface area (Å²) in [5.41, 5.74) is 0.660. The van der Waals surface area contributed by atoms with Crippen LogP contribution in [0.4, 0.5) is 0 Å². The summed E-state index contributed by atoms with van der Waals surface area (Å²) >= 11 is 0. The third kappa shape index (κ3) is 1.50. The van der Waals surface area contributed by atoms with Crippen molar-refractivity contribution in [3.05, 3.63) is 0 Å². The lowest BCUT2D eigenvalue weighted by Crippen LogP contribution is -2.18. The molecule has 1 heterocycles. The first-order valence-corrected chi connectivity index (χ1v) is 5.06. The monoisotopic (exact) mass is 170 g/mol. The predicted octanol–water partition coefficient (Wildman–Crippen LogP) is 1.58. The van der Waals surface area contributed by atoms with Gasteiger partial charge < -0.3 is 9.84 Å². The zero-order chi connectivity index (χ0) is 8.44. The van der Waals surface area contributed by atoms with Crippen molar-refractivity contribution in [2.45, 2.75) is 32.1 Å². The van der Waals surface area contributed by atoms with Crippen LogP contribution in [-0.2, 0) is 4.74 Å². The summed E-state index contributed by atoms with van der Waals surface area (Å²) in [6, 6.07) is 0. The number of hydrogen-bond donors (Lipinski definition) is 1. The van der Waals surface area contributed by atoms with Crippen LogP contribution in [0.1, 0.15) is 32.1 Å². The molecule has 0 bridgehead atoms. The van der Waals surface area contributed by atoms with Crippen LogP contribution in [0.25, 0.3) is 0 Å². The molecular formula is C10H18O2. The Morgan fingerprint density at radius 2 is 2.08 bits per heavy atom. The number of ether oxygens (including phenoxy) is 1. The van der Waals surface area contributed by atoms with E-state index in [0.717, 1.165) is 25.6 Å². The van der Waals surface area contributed by atoms with E-state index in [-0.39, 0.29) is 0 Å². The molecule has 1 aliphatic heterocycles. The lowest BCUT2D eigenvalue weighted by molar-refractivity contribution is 0.0511. The molecule has 2 fully saturated rings. The maximum absolute atomic E-state index is 8.71. The molecule has 1 aliphatic carbocycles. The van der Waals surface area contributed by atoms with Gasteiger partial charge in [0.15, 0.2) is 0 Å². The van der Waals surface area contributed by atoms with Crippen molar-refractivity contribution in [1.29, 1.82) is 0 Å². The van der Waals surface area contributed by atoms with Crippen LogP contribution < -0.4 is 0 Å². The van der Waals surface area contributed by atoms with E-state index in [1.54, 1.807) is 0 Å². The van der Waals surface area contributed by atoms with Gasteiger partial charge in [-0.3, -0.25) is 0 Å². The second-order valence-electron chi connectivity index (χ2n) is 4.24. The van der Waals surface area contributed by atoms with Crippen molar-refractivity contribution in [3.8, 4) is 0 Å². The van der Waals surface area contributed by atoms with E-state index in [0.29, 0.717) is 12.0 Å². The molecule has 1 unspecified atom stereocenters. The van der Waals surface area contributed by atoms with Crippen LogP contribution in [0.2, 0.25) is 0 Å². The first-order valence-electron chi connectivity index (χ1n) is 5.06. The number of aliphatic hydroxyl groups is 1. The Morgan fingerprint density at radius 1 is 1.33 bits per heavy atom. The standard InChI is InChI=1S/C10H18O2/c11-5-1-2-9-8-10(9)3-6-12-7-4-10/h9,11H,1-8H2. The third-order valence-electron chi connectivity index (χ3n) is 3.56. The molecule has 1 N–H and O–H groups in total. The number of hydrogen-bond acceptors (Lipinski definition) is 2. The van der Waals surface area contributed by atoms with Gasteiger partial charge in [0.05, 0.1) is 0 Å². The van der Waals surface area contributed by atoms with Crippen LogP contribution >= 0.6 is 0 Å². The smallest absolute Gasteiger partial charge is 0.0471 e. The van der Waals surface area contributed by atoms with Gasteiger partial charge in [-0.25, -0.2) is 0 Å². The van der Waals surface area contributed by atoms with Crippen LogP contribution in [-0.4, -0.2) is 24.9 Å². The number of rotatable bonds is 3. The van der Waals surface area contributed by atoms with E-state index in [2.05, 4.69) is 0 Å². The van der Waals surface area contributed by atoms with Gasteiger partial charge in [0, 0.05) is 19.8 Å². The molecule has 1 spiro atoms. The summed E-state index contributed by atoms with van der Waals surface area (Å²) < 4.78 is 5.35. The van der Waals surface area contributed by atoms with E-state index >= 15 is 0 Å². The molecule has 2 nitrogen and oxygen atoms in total. The van der Waals surface area contributed by atoms with E-state index in [1.807, 2.05) is 0 Å². The maximum Gasteiger partial charge on any atom is 0.0471 e. The van der Waals surface area contributed by atoms with Crippen molar-refractivity contribution >= 4 is 0 Å². The molecule has 1 saturated heterocycles. The largest absolute Gasteiger partial charge is 0.396 e. The van der Waals surface area contributed by atoms with Gasteiger partial charge in [0.25, 0.3) is 0 Å². The molecule has 0 amide bonds. The summed E-state index contributed by atoms with van der Waals surface area (Å²) in [6.45, 7) is 2.30. The fraction of sp³-hybridized carbons (Fsp3) is 1.00.